The number of carbonyl (C=O) groups is 2. The van der Waals surface area contributed by atoms with E-state index in [4.69, 9.17) is 18.9 Å². The smallest absolute Gasteiger partial charge is 0.342 e. The maximum atomic E-state index is 13.0. The summed E-state index contributed by atoms with van der Waals surface area (Å²) in [6.45, 7) is 6.42. The molecular formula is C29H34O6. The summed E-state index contributed by atoms with van der Waals surface area (Å²) in [5.41, 5.74) is 3.11. The van der Waals surface area contributed by atoms with E-state index in [0.29, 0.717) is 43.8 Å². The summed E-state index contributed by atoms with van der Waals surface area (Å²) >= 11 is 0. The number of esters is 1. The Morgan fingerprint density at radius 3 is 2.54 bits per heavy atom. The zero-order chi connectivity index (χ0) is 25.2. The summed E-state index contributed by atoms with van der Waals surface area (Å²) in [5.74, 6) is 0.757. The molecule has 0 saturated carbocycles. The molecule has 2 atom stereocenters. The number of aryl methyl sites for hydroxylation is 1. The minimum absolute atomic E-state index is 0.0997. The van der Waals surface area contributed by atoms with Crippen molar-refractivity contribution in [2.24, 2.45) is 0 Å². The van der Waals surface area contributed by atoms with Crippen LogP contribution in [0.1, 0.15) is 60.2 Å². The summed E-state index contributed by atoms with van der Waals surface area (Å²) in [5, 5.41) is 0. The first kappa shape index (κ1) is 26.2. The summed E-state index contributed by atoms with van der Waals surface area (Å²) in [4.78, 5) is 25.9. The molecule has 3 rings (SSSR count). The van der Waals surface area contributed by atoms with Gasteiger partial charge < -0.3 is 18.9 Å². The lowest BCUT2D eigenvalue weighted by molar-refractivity contribution is -0.126. The molecule has 186 valence electrons. The second kappa shape index (κ2) is 12.9. The Morgan fingerprint density at radius 1 is 1.06 bits per heavy atom. The predicted molar refractivity (Wildman–Crippen MR) is 136 cm³/mol. The van der Waals surface area contributed by atoms with Gasteiger partial charge in [0.25, 0.3) is 0 Å². The molecule has 0 radical (unpaired) electrons. The highest BCUT2D eigenvalue weighted by Gasteiger charge is 2.22. The zero-order valence-corrected chi connectivity index (χ0v) is 20.9. The van der Waals surface area contributed by atoms with Crippen LogP contribution >= 0.6 is 0 Å². The van der Waals surface area contributed by atoms with Crippen molar-refractivity contribution in [3.63, 3.8) is 0 Å². The fraction of sp³-hybridized carbons (Fsp3) is 0.379. The molecule has 0 N–H and O–H groups in total. The first-order valence-electron chi connectivity index (χ1n) is 12.0. The molecule has 6 nitrogen and oxygen atoms in total. The Balaban J connectivity index is 1.83. The number of methoxy groups -OCH3 is 1. The average molecular weight is 479 g/mol. The van der Waals surface area contributed by atoms with Crippen LogP contribution in [0.2, 0.25) is 0 Å². The molecular weight excluding hydrogens is 444 g/mol. The van der Waals surface area contributed by atoms with Gasteiger partial charge in [-0.3, -0.25) is 4.79 Å². The van der Waals surface area contributed by atoms with Crippen molar-refractivity contribution in [3.05, 3.63) is 76.9 Å². The van der Waals surface area contributed by atoms with Gasteiger partial charge >= 0.3 is 5.97 Å². The third-order valence-electron chi connectivity index (χ3n) is 5.66. The van der Waals surface area contributed by atoms with Gasteiger partial charge in [-0.15, -0.1) is 0 Å². The van der Waals surface area contributed by atoms with Gasteiger partial charge in [0.1, 0.15) is 29.3 Å². The fourth-order valence-electron chi connectivity index (χ4n) is 3.86. The summed E-state index contributed by atoms with van der Waals surface area (Å²) in [6.07, 6.45) is 7.69. The molecule has 0 fully saturated rings. The maximum Gasteiger partial charge on any atom is 0.342 e. The lowest BCUT2D eigenvalue weighted by Crippen LogP contribution is -2.23. The molecule has 2 aromatic rings. The molecule has 6 heteroatoms. The number of carbonyl (C=O) groups excluding carboxylic acids is 2. The Labute approximate surface area is 207 Å². The van der Waals surface area contributed by atoms with Gasteiger partial charge in [-0.1, -0.05) is 36.4 Å². The number of rotatable bonds is 6. The highest BCUT2D eigenvalue weighted by molar-refractivity contribution is 5.97. The Hall–Kier alpha value is -3.38. The van der Waals surface area contributed by atoms with Crippen LogP contribution in [0.5, 0.6) is 11.5 Å². The monoisotopic (exact) mass is 478 g/mol. The van der Waals surface area contributed by atoms with E-state index in [1.807, 2.05) is 62.4 Å². The van der Waals surface area contributed by atoms with Crippen LogP contribution in [0.4, 0.5) is 0 Å². The zero-order valence-electron chi connectivity index (χ0n) is 20.9. The number of hydrogen-bond donors (Lipinski definition) is 0. The quantitative estimate of drug-likeness (QED) is 0.485. The van der Waals surface area contributed by atoms with Crippen molar-refractivity contribution in [1.82, 2.24) is 0 Å². The van der Waals surface area contributed by atoms with Gasteiger partial charge in [0.15, 0.2) is 5.78 Å². The first-order chi connectivity index (χ1) is 16.9. The SMILES string of the molecule is CCOc1cc(C)cc2c1C(=O)O[C@@H](C)C/C=C\C(=O)[C@@H](OCc1ccc(OC)cc1)CCC=C2. The lowest BCUT2D eigenvalue weighted by Gasteiger charge is -2.18. The van der Waals surface area contributed by atoms with Crippen LogP contribution in [0.3, 0.4) is 0 Å². The number of ether oxygens (including phenoxy) is 4. The lowest BCUT2D eigenvalue weighted by atomic mass is 10.0. The fourth-order valence-corrected chi connectivity index (χ4v) is 3.86. The average Bonchev–Trinajstić information content (AvgIpc) is 2.83. The van der Waals surface area contributed by atoms with Gasteiger partial charge in [-0.05, 0) is 74.6 Å². The van der Waals surface area contributed by atoms with Gasteiger partial charge in [-0.25, -0.2) is 4.79 Å². The van der Waals surface area contributed by atoms with Crippen LogP contribution in [0.15, 0.2) is 54.6 Å². The largest absolute Gasteiger partial charge is 0.497 e. The molecule has 1 aliphatic rings. The van der Waals surface area contributed by atoms with E-state index in [9.17, 15) is 9.59 Å². The normalized spacial score (nSPS) is 19.9. The second-order valence-electron chi connectivity index (χ2n) is 8.54. The van der Waals surface area contributed by atoms with E-state index in [1.165, 1.54) is 6.08 Å². The molecule has 0 spiro atoms. The highest BCUT2D eigenvalue weighted by Crippen LogP contribution is 2.28. The molecule has 1 heterocycles. The van der Waals surface area contributed by atoms with Gasteiger partial charge in [-0.2, -0.15) is 0 Å². The highest BCUT2D eigenvalue weighted by atomic mass is 16.5. The molecule has 0 bridgehead atoms. The van der Waals surface area contributed by atoms with Crippen LogP contribution < -0.4 is 9.47 Å². The number of hydrogen-bond acceptors (Lipinski definition) is 6. The minimum atomic E-state index is -0.574. The third-order valence-corrected chi connectivity index (χ3v) is 5.66. The topological polar surface area (TPSA) is 71.1 Å². The number of benzene rings is 2. The van der Waals surface area contributed by atoms with Crippen molar-refractivity contribution in [2.45, 2.75) is 58.8 Å². The van der Waals surface area contributed by atoms with Gasteiger partial charge in [0.2, 0.25) is 0 Å². The van der Waals surface area contributed by atoms with Crippen LogP contribution in [0.25, 0.3) is 6.08 Å². The van der Waals surface area contributed by atoms with Crippen molar-refractivity contribution in [3.8, 4) is 11.5 Å². The molecule has 2 aromatic carbocycles. The van der Waals surface area contributed by atoms with Crippen molar-refractivity contribution < 1.29 is 28.5 Å². The van der Waals surface area contributed by atoms with Gasteiger partial charge in [0.05, 0.1) is 20.3 Å². The van der Waals surface area contributed by atoms with Crippen LogP contribution in [-0.2, 0) is 20.9 Å². The van der Waals surface area contributed by atoms with Crippen LogP contribution in [0, 0.1) is 6.92 Å². The maximum absolute atomic E-state index is 13.0. The number of ketones is 1. The number of fused-ring (bicyclic) bond motifs is 1. The van der Waals surface area contributed by atoms with Crippen molar-refractivity contribution in [1.29, 1.82) is 0 Å². The number of cyclic esters (lactones) is 1. The van der Waals surface area contributed by atoms with Gasteiger partial charge in [0, 0.05) is 6.42 Å². The molecule has 0 aliphatic carbocycles. The third kappa shape index (κ3) is 7.55. The second-order valence-corrected chi connectivity index (χ2v) is 8.54. The standard InChI is InChI=1S/C29H34O6/c1-5-33-27-18-20(2)17-23-10-6-7-12-26(34-19-22-13-15-24(32-4)16-14-22)25(30)11-8-9-21(3)35-29(31)28(23)27/h6,8,10-11,13-18,21,26H,5,7,9,12,19H2,1-4H3/b10-6?,11-8-/t21-,26-/m0/s1. The predicted octanol–water partition coefficient (Wildman–Crippen LogP) is 5.86. The Bertz CT molecular complexity index is 1070. The molecule has 0 aromatic heterocycles. The summed E-state index contributed by atoms with van der Waals surface area (Å²) in [7, 11) is 1.62. The summed E-state index contributed by atoms with van der Waals surface area (Å²) < 4.78 is 22.6. The van der Waals surface area contributed by atoms with E-state index in [-0.39, 0.29) is 5.78 Å². The Morgan fingerprint density at radius 2 is 1.83 bits per heavy atom. The van der Waals surface area contributed by atoms with Crippen LogP contribution in [-0.4, -0.2) is 37.7 Å². The van der Waals surface area contributed by atoms with E-state index in [0.717, 1.165) is 22.4 Å². The van der Waals surface area contributed by atoms with Crippen molar-refractivity contribution in [2.75, 3.05) is 13.7 Å². The molecule has 0 amide bonds. The molecule has 0 unspecified atom stereocenters. The first-order valence-corrected chi connectivity index (χ1v) is 12.0. The van der Waals surface area contributed by atoms with E-state index in [2.05, 4.69) is 0 Å². The van der Waals surface area contributed by atoms with Crippen molar-refractivity contribution >= 4 is 17.8 Å². The molecule has 0 saturated heterocycles. The minimum Gasteiger partial charge on any atom is -0.497 e. The number of allylic oxidation sites excluding steroid dienone is 1. The summed E-state index contributed by atoms with van der Waals surface area (Å²) in [6, 6.07) is 11.4. The van der Waals surface area contributed by atoms with E-state index in [1.54, 1.807) is 20.1 Å². The van der Waals surface area contributed by atoms with E-state index >= 15 is 0 Å². The molecule has 1 aliphatic heterocycles. The van der Waals surface area contributed by atoms with E-state index < -0.39 is 18.2 Å². The Kier molecular flexibility index (Phi) is 9.67. The molecule has 35 heavy (non-hydrogen) atoms.